The molecule has 39 heavy (non-hydrogen) atoms. The lowest BCUT2D eigenvalue weighted by Crippen LogP contribution is -2.38. The van der Waals surface area contributed by atoms with Gasteiger partial charge in [-0.3, -0.25) is 14.7 Å². The minimum Gasteiger partial charge on any atom is -0.482 e. The normalized spacial score (nSPS) is 17.5. The summed E-state index contributed by atoms with van der Waals surface area (Å²) in [6.45, 7) is 1.36. The van der Waals surface area contributed by atoms with Crippen molar-refractivity contribution in [2.75, 3.05) is 56.7 Å². The van der Waals surface area contributed by atoms with Gasteiger partial charge in [-0.25, -0.2) is 9.78 Å². The van der Waals surface area contributed by atoms with E-state index >= 15 is 0 Å². The average molecular weight is 538 g/mol. The molecule has 0 saturated carbocycles. The number of hydrogen-bond donors (Lipinski definition) is 3. The van der Waals surface area contributed by atoms with E-state index in [2.05, 4.69) is 15.3 Å². The number of methoxy groups -OCH3 is 1. The number of carbonyl (C=O) groups is 2. The quantitative estimate of drug-likeness (QED) is 0.329. The van der Waals surface area contributed by atoms with Gasteiger partial charge in [-0.05, 0) is 48.7 Å². The number of fused-ring (bicyclic) bond motifs is 2. The fourth-order valence-electron chi connectivity index (χ4n) is 4.75. The molecule has 4 heterocycles. The Morgan fingerprint density at radius 2 is 2.10 bits per heavy atom. The van der Waals surface area contributed by atoms with Crippen LogP contribution < -0.4 is 19.7 Å². The molecule has 2 aromatic heterocycles. The number of anilines is 2. The summed E-state index contributed by atoms with van der Waals surface area (Å²) in [7, 11) is 1.57. The first-order valence-electron chi connectivity index (χ1n) is 12.8. The van der Waals surface area contributed by atoms with E-state index in [1.54, 1.807) is 37.6 Å². The highest BCUT2D eigenvalue weighted by atomic mass is 16.6. The molecule has 206 valence electrons. The number of pyridine rings is 2. The summed E-state index contributed by atoms with van der Waals surface area (Å²) >= 11 is 0. The second-order valence-corrected chi connectivity index (χ2v) is 9.50. The molecule has 0 radical (unpaired) electrons. The van der Waals surface area contributed by atoms with Gasteiger partial charge in [-0.2, -0.15) is 0 Å². The van der Waals surface area contributed by atoms with E-state index in [1.807, 2.05) is 17.0 Å². The molecular formula is C27H31N5O7. The Kier molecular flexibility index (Phi) is 8.05. The summed E-state index contributed by atoms with van der Waals surface area (Å²) in [6, 6.07) is 10.7. The van der Waals surface area contributed by atoms with Crippen molar-refractivity contribution in [3.63, 3.8) is 0 Å². The molecule has 2 amide bonds. The molecule has 0 unspecified atom stereocenters. The Morgan fingerprint density at radius 1 is 1.23 bits per heavy atom. The molecule has 2 atom stereocenters. The molecule has 0 aliphatic carbocycles. The number of hydrogen-bond acceptors (Lipinski definition) is 10. The molecule has 1 aromatic carbocycles. The molecule has 3 aromatic rings. The number of ether oxygens (including phenoxy) is 3. The van der Waals surface area contributed by atoms with Gasteiger partial charge in [0.1, 0.15) is 11.9 Å². The number of cyclic esters (lactones) is 1. The predicted molar refractivity (Wildman–Crippen MR) is 142 cm³/mol. The molecule has 2 aliphatic heterocycles. The molecule has 2 aliphatic rings. The number of benzene rings is 1. The van der Waals surface area contributed by atoms with Crippen molar-refractivity contribution in [1.82, 2.24) is 14.9 Å². The van der Waals surface area contributed by atoms with Crippen LogP contribution in [0.25, 0.3) is 11.0 Å². The molecule has 1 fully saturated rings. The number of aromatic nitrogens is 2. The highest BCUT2D eigenvalue weighted by molar-refractivity contribution is 5.97. The molecule has 12 nitrogen and oxygen atoms in total. The smallest absolute Gasteiger partial charge is 0.414 e. The summed E-state index contributed by atoms with van der Waals surface area (Å²) in [6.07, 6.45) is 1.19. The van der Waals surface area contributed by atoms with E-state index in [-0.39, 0.29) is 31.8 Å². The Bertz CT molecular complexity index is 1350. The second-order valence-electron chi connectivity index (χ2n) is 9.50. The maximum absolute atomic E-state index is 12.6. The maximum atomic E-state index is 12.6. The largest absolute Gasteiger partial charge is 0.482 e. The standard InChI is InChI=1S/C27H31N5O7/c1-37-25-5-3-21-26(30-25)17(6-9-28-21)7-10-31(13-19(34)15-33)11-8-20-14-32(27(36)39-20)18-2-4-23-22(12-18)29-24(35)16-38-23/h2-6,9,12,19-20,33-34H,7-8,10-11,13-16H2,1H3,(H,29,35)/t19-,20-/m1/s1. The van der Waals surface area contributed by atoms with E-state index in [1.165, 1.54) is 4.90 Å². The molecule has 12 heteroatoms. The van der Waals surface area contributed by atoms with E-state index in [9.17, 15) is 19.8 Å². The molecule has 1 saturated heterocycles. The highest BCUT2D eigenvalue weighted by Gasteiger charge is 2.33. The number of carbonyl (C=O) groups excluding carboxylic acids is 2. The number of amides is 2. The van der Waals surface area contributed by atoms with E-state index in [4.69, 9.17) is 14.2 Å². The average Bonchev–Trinajstić information content (AvgIpc) is 3.33. The van der Waals surface area contributed by atoms with Crippen LogP contribution in [-0.4, -0.2) is 95.8 Å². The third kappa shape index (κ3) is 6.19. The SMILES string of the molecule is COc1ccc2nccc(CCN(CC[C@@H]3CN(c4ccc5c(c4)NC(=O)CO5)C(=O)O3)C[C@@H](O)CO)c2n1. The summed E-state index contributed by atoms with van der Waals surface area (Å²) in [5.74, 6) is 0.809. The Hall–Kier alpha value is -4.00. The number of aliphatic hydroxyl groups excluding tert-OH is 2. The van der Waals surface area contributed by atoms with E-state index in [0.29, 0.717) is 55.5 Å². The van der Waals surface area contributed by atoms with Crippen LogP contribution in [0.1, 0.15) is 12.0 Å². The number of nitrogens with one attached hydrogen (secondary N) is 1. The van der Waals surface area contributed by atoms with Crippen LogP contribution in [-0.2, 0) is 16.0 Å². The summed E-state index contributed by atoms with van der Waals surface area (Å²) < 4.78 is 16.3. The topological polar surface area (TPSA) is 147 Å². The first-order chi connectivity index (χ1) is 18.9. The van der Waals surface area contributed by atoms with Crippen LogP contribution in [0.4, 0.5) is 16.2 Å². The van der Waals surface area contributed by atoms with Crippen LogP contribution in [0.5, 0.6) is 11.6 Å². The van der Waals surface area contributed by atoms with Gasteiger partial charge in [-0.1, -0.05) is 0 Å². The van der Waals surface area contributed by atoms with Gasteiger partial charge >= 0.3 is 6.09 Å². The van der Waals surface area contributed by atoms with Gasteiger partial charge in [0.25, 0.3) is 5.91 Å². The summed E-state index contributed by atoms with van der Waals surface area (Å²) in [5.41, 5.74) is 3.63. The van der Waals surface area contributed by atoms with Crippen molar-refractivity contribution < 1.29 is 34.0 Å². The third-order valence-electron chi connectivity index (χ3n) is 6.78. The van der Waals surface area contributed by atoms with Gasteiger partial charge in [0, 0.05) is 37.6 Å². The summed E-state index contributed by atoms with van der Waals surface area (Å²) in [4.78, 5) is 36.8. The first-order valence-corrected chi connectivity index (χ1v) is 12.8. The van der Waals surface area contributed by atoms with Crippen molar-refractivity contribution in [3.8, 4) is 11.6 Å². The molecule has 3 N–H and O–H groups in total. The minimum atomic E-state index is -0.895. The van der Waals surface area contributed by atoms with E-state index < -0.39 is 12.2 Å². The lowest BCUT2D eigenvalue weighted by Gasteiger charge is -2.25. The Balaban J connectivity index is 1.22. The molecule has 0 bridgehead atoms. The third-order valence-corrected chi connectivity index (χ3v) is 6.78. The monoisotopic (exact) mass is 537 g/mol. The predicted octanol–water partition coefficient (Wildman–Crippen LogP) is 1.58. The van der Waals surface area contributed by atoms with Crippen molar-refractivity contribution >= 4 is 34.4 Å². The number of nitrogens with zero attached hydrogens (tertiary/aromatic N) is 4. The van der Waals surface area contributed by atoms with Crippen LogP contribution >= 0.6 is 0 Å². The van der Waals surface area contributed by atoms with Crippen molar-refractivity contribution in [1.29, 1.82) is 0 Å². The number of rotatable bonds is 11. The molecule has 0 spiro atoms. The maximum Gasteiger partial charge on any atom is 0.414 e. The summed E-state index contributed by atoms with van der Waals surface area (Å²) in [5, 5.41) is 22.3. The van der Waals surface area contributed by atoms with Gasteiger partial charge in [0.05, 0.1) is 43.1 Å². The second kappa shape index (κ2) is 11.8. The van der Waals surface area contributed by atoms with Crippen molar-refractivity contribution in [2.45, 2.75) is 25.0 Å². The van der Waals surface area contributed by atoms with Crippen molar-refractivity contribution in [3.05, 3.63) is 48.2 Å². The lowest BCUT2D eigenvalue weighted by atomic mass is 10.1. The molecule has 5 rings (SSSR count). The fraction of sp³-hybridized carbons (Fsp3) is 0.407. The van der Waals surface area contributed by atoms with Gasteiger partial charge in [0.15, 0.2) is 6.61 Å². The molecular weight excluding hydrogens is 506 g/mol. The van der Waals surface area contributed by atoms with Crippen LogP contribution in [0.15, 0.2) is 42.6 Å². The Morgan fingerprint density at radius 3 is 2.92 bits per heavy atom. The Labute approximate surface area is 225 Å². The van der Waals surface area contributed by atoms with Crippen LogP contribution in [0.2, 0.25) is 0 Å². The zero-order chi connectivity index (χ0) is 27.4. The highest BCUT2D eigenvalue weighted by Crippen LogP contribution is 2.33. The lowest BCUT2D eigenvalue weighted by molar-refractivity contribution is -0.118. The zero-order valence-electron chi connectivity index (χ0n) is 21.6. The zero-order valence-corrected chi connectivity index (χ0v) is 21.6. The van der Waals surface area contributed by atoms with Crippen molar-refractivity contribution in [2.24, 2.45) is 0 Å². The van der Waals surface area contributed by atoms with Gasteiger partial charge in [0.2, 0.25) is 5.88 Å². The number of aliphatic hydroxyl groups is 2. The fourth-order valence-corrected chi connectivity index (χ4v) is 4.75. The minimum absolute atomic E-state index is 0.0380. The first kappa shape index (κ1) is 26.6. The van der Waals surface area contributed by atoms with Gasteiger partial charge < -0.3 is 34.6 Å². The van der Waals surface area contributed by atoms with Crippen LogP contribution in [0, 0.1) is 0 Å². The van der Waals surface area contributed by atoms with Gasteiger partial charge in [-0.15, -0.1) is 0 Å². The van der Waals surface area contributed by atoms with E-state index in [0.717, 1.165) is 16.6 Å². The van der Waals surface area contributed by atoms with Crippen LogP contribution in [0.3, 0.4) is 0 Å².